The van der Waals surface area contributed by atoms with Crippen LogP contribution in [0.5, 0.6) is 0 Å². The van der Waals surface area contributed by atoms with Crippen molar-refractivity contribution in [2.75, 3.05) is 13.6 Å². The van der Waals surface area contributed by atoms with Gasteiger partial charge < -0.3 is 15.3 Å². The zero-order valence-corrected chi connectivity index (χ0v) is 20.7. The second kappa shape index (κ2) is 10.6. The maximum Gasteiger partial charge on any atom is 0.240 e. The summed E-state index contributed by atoms with van der Waals surface area (Å²) >= 11 is 0. The van der Waals surface area contributed by atoms with E-state index in [9.17, 15) is 19.5 Å². The molecular formula is C28H36N2O4. The Labute approximate surface area is 202 Å². The van der Waals surface area contributed by atoms with E-state index in [1.54, 1.807) is 7.05 Å². The molecule has 0 bridgehead atoms. The summed E-state index contributed by atoms with van der Waals surface area (Å²) in [6, 6.07) is 16.4. The molecule has 2 aromatic rings. The fraction of sp³-hybridized carbons (Fsp3) is 0.464. The Morgan fingerprint density at radius 3 is 2.15 bits per heavy atom. The first kappa shape index (κ1) is 25.8. The van der Waals surface area contributed by atoms with E-state index in [2.05, 4.69) is 5.32 Å². The van der Waals surface area contributed by atoms with Crippen LogP contribution in [0, 0.1) is 5.41 Å². The Balaban J connectivity index is 1.79. The zero-order chi connectivity index (χ0) is 25.0. The van der Waals surface area contributed by atoms with Gasteiger partial charge in [-0.1, -0.05) is 75.4 Å². The number of nitrogens with one attached hydrogen (secondary N) is 1. The van der Waals surface area contributed by atoms with E-state index in [1.165, 1.54) is 11.8 Å². The monoisotopic (exact) mass is 464 g/mol. The third kappa shape index (κ3) is 5.80. The number of β-amino-alcohol motifs (C(OH)–C–C–N with tert-alkyl or cyclic N) is 1. The molecule has 2 aromatic carbocycles. The van der Waals surface area contributed by atoms with Gasteiger partial charge in [-0.2, -0.15) is 0 Å². The van der Waals surface area contributed by atoms with Crippen molar-refractivity contribution in [3.8, 4) is 11.1 Å². The Morgan fingerprint density at radius 2 is 1.62 bits per heavy atom. The van der Waals surface area contributed by atoms with E-state index < -0.39 is 24.1 Å². The van der Waals surface area contributed by atoms with Gasteiger partial charge in [0.1, 0.15) is 5.78 Å². The topological polar surface area (TPSA) is 86.7 Å². The van der Waals surface area contributed by atoms with Gasteiger partial charge in [0.2, 0.25) is 5.91 Å². The van der Waals surface area contributed by atoms with E-state index >= 15 is 0 Å². The summed E-state index contributed by atoms with van der Waals surface area (Å²) < 4.78 is 0. The first-order valence-corrected chi connectivity index (χ1v) is 11.9. The maximum atomic E-state index is 13.4. The molecule has 1 heterocycles. The largest absolute Gasteiger partial charge is 0.391 e. The predicted octanol–water partition coefficient (Wildman–Crippen LogP) is 3.58. The first-order valence-electron chi connectivity index (χ1n) is 11.9. The number of ketones is 2. The number of hydrogen-bond acceptors (Lipinski definition) is 5. The number of nitrogens with zero attached hydrogens (tertiary/aromatic N) is 1. The van der Waals surface area contributed by atoms with Crippen molar-refractivity contribution in [3.05, 3.63) is 60.2 Å². The molecule has 1 aliphatic rings. The van der Waals surface area contributed by atoms with Gasteiger partial charge in [-0.25, -0.2) is 0 Å². The van der Waals surface area contributed by atoms with E-state index in [-0.39, 0.29) is 42.3 Å². The number of aliphatic hydroxyl groups excluding tert-OH is 1. The Hall–Kier alpha value is -2.83. The van der Waals surface area contributed by atoms with E-state index in [0.29, 0.717) is 0 Å². The molecule has 0 spiro atoms. The van der Waals surface area contributed by atoms with Crippen LogP contribution < -0.4 is 5.32 Å². The smallest absolute Gasteiger partial charge is 0.240 e. The Morgan fingerprint density at radius 1 is 1.03 bits per heavy atom. The fourth-order valence-electron chi connectivity index (χ4n) is 4.83. The van der Waals surface area contributed by atoms with Crippen molar-refractivity contribution >= 4 is 17.5 Å². The van der Waals surface area contributed by atoms with Gasteiger partial charge in [-0.05, 0) is 36.1 Å². The molecular weight excluding hydrogens is 428 g/mol. The highest BCUT2D eigenvalue weighted by atomic mass is 16.3. The standard InChI is InChI=1S/C28H36N2O4/c1-18(31)23(21-13-11-20(12-14-21)19-9-7-6-8-10-19)16-25(33)24-15-22(32)17-30(24)27(34)26(29-5)28(2,3)4/h6-14,22-24,26,29,32H,15-17H2,1-5H3/t22-,23?,24+,26-/m1/s1. The van der Waals surface area contributed by atoms with Gasteiger partial charge in [0.15, 0.2) is 5.78 Å². The number of amides is 1. The van der Waals surface area contributed by atoms with Crippen LogP contribution in [0.4, 0.5) is 0 Å². The lowest BCUT2D eigenvalue weighted by atomic mass is 9.85. The first-order chi connectivity index (χ1) is 16.0. The molecule has 1 unspecified atom stereocenters. The molecule has 182 valence electrons. The summed E-state index contributed by atoms with van der Waals surface area (Å²) in [7, 11) is 1.72. The quantitative estimate of drug-likeness (QED) is 0.624. The normalized spacial score (nSPS) is 20.1. The number of hydrogen-bond donors (Lipinski definition) is 2. The van der Waals surface area contributed by atoms with E-state index in [4.69, 9.17) is 0 Å². The van der Waals surface area contributed by atoms with Crippen LogP contribution in [-0.2, 0) is 14.4 Å². The summed E-state index contributed by atoms with van der Waals surface area (Å²) in [6.07, 6.45) is -0.555. The Kier molecular flexibility index (Phi) is 8.05. The van der Waals surface area contributed by atoms with Crippen molar-refractivity contribution in [1.82, 2.24) is 10.2 Å². The van der Waals surface area contributed by atoms with Crippen molar-refractivity contribution in [3.63, 3.8) is 0 Å². The molecule has 0 saturated carbocycles. The average Bonchev–Trinajstić information content (AvgIpc) is 3.19. The van der Waals surface area contributed by atoms with Crippen molar-refractivity contribution in [2.45, 2.75) is 64.6 Å². The molecule has 1 fully saturated rings. The molecule has 1 aliphatic heterocycles. The van der Waals surface area contributed by atoms with Crippen LogP contribution in [0.25, 0.3) is 11.1 Å². The highest BCUT2D eigenvalue weighted by Gasteiger charge is 2.43. The molecule has 4 atom stereocenters. The molecule has 0 radical (unpaired) electrons. The lowest BCUT2D eigenvalue weighted by Crippen LogP contribution is -2.54. The summed E-state index contributed by atoms with van der Waals surface area (Å²) in [4.78, 5) is 40.7. The number of benzene rings is 2. The summed E-state index contributed by atoms with van der Waals surface area (Å²) in [5.41, 5.74) is 2.54. The maximum absolute atomic E-state index is 13.4. The van der Waals surface area contributed by atoms with Gasteiger partial charge in [-0.3, -0.25) is 14.4 Å². The van der Waals surface area contributed by atoms with Crippen LogP contribution in [0.3, 0.4) is 0 Å². The number of rotatable bonds is 8. The molecule has 1 saturated heterocycles. The van der Waals surface area contributed by atoms with Gasteiger partial charge in [0.05, 0.1) is 18.2 Å². The molecule has 3 rings (SSSR count). The molecule has 1 amide bonds. The SMILES string of the molecule is CN[C@H](C(=O)N1C[C@H](O)C[C@H]1C(=O)CC(C(C)=O)c1ccc(-c2ccccc2)cc1)C(C)(C)C. The predicted molar refractivity (Wildman–Crippen MR) is 133 cm³/mol. The fourth-order valence-corrected chi connectivity index (χ4v) is 4.83. The zero-order valence-electron chi connectivity index (χ0n) is 20.7. The van der Waals surface area contributed by atoms with Crippen molar-refractivity contribution in [1.29, 1.82) is 0 Å². The number of Topliss-reactive ketones (excluding diaryl/α,β-unsaturated/α-hetero) is 2. The van der Waals surface area contributed by atoms with Crippen LogP contribution in [-0.4, -0.2) is 59.3 Å². The summed E-state index contributed by atoms with van der Waals surface area (Å²) in [5.74, 6) is -1.08. The van der Waals surface area contributed by atoms with Crippen LogP contribution in [0.15, 0.2) is 54.6 Å². The number of likely N-dealkylation sites (tertiary alicyclic amines) is 1. The highest BCUT2D eigenvalue weighted by Crippen LogP contribution is 2.30. The summed E-state index contributed by atoms with van der Waals surface area (Å²) in [6.45, 7) is 7.49. The lowest BCUT2D eigenvalue weighted by Gasteiger charge is -2.34. The van der Waals surface area contributed by atoms with Crippen LogP contribution in [0.2, 0.25) is 0 Å². The third-order valence-electron chi connectivity index (χ3n) is 6.65. The number of likely N-dealkylation sites (N-methyl/N-ethyl adjacent to an activating group) is 1. The molecule has 2 N–H and O–H groups in total. The van der Waals surface area contributed by atoms with Gasteiger partial charge in [0.25, 0.3) is 0 Å². The molecule has 6 nitrogen and oxygen atoms in total. The molecule has 0 aromatic heterocycles. The third-order valence-corrected chi connectivity index (χ3v) is 6.65. The van der Waals surface area contributed by atoms with Crippen molar-refractivity contribution in [2.24, 2.45) is 5.41 Å². The van der Waals surface area contributed by atoms with Crippen LogP contribution in [0.1, 0.15) is 52.0 Å². The minimum atomic E-state index is -0.753. The lowest BCUT2D eigenvalue weighted by molar-refractivity contribution is -0.141. The van der Waals surface area contributed by atoms with Crippen molar-refractivity contribution < 1.29 is 19.5 Å². The number of carbonyl (C=O) groups is 3. The van der Waals surface area contributed by atoms with Crippen LogP contribution >= 0.6 is 0 Å². The second-order valence-corrected chi connectivity index (χ2v) is 10.3. The molecule has 6 heteroatoms. The molecule has 0 aliphatic carbocycles. The highest BCUT2D eigenvalue weighted by molar-refractivity contribution is 5.96. The Bertz CT molecular complexity index is 1010. The van der Waals surface area contributed by atoms with E-state index in [1.807, 2.05) is 75.4 Å². The minimum absolute atomic E-state index is 0.000914. The minimum Gasteiger partial charge on any atom is -0.391 e. The van der Waals surface area contributed by atoms with Gasteiger partial charge in [-0.15, -0.1) is 0 Å². The van der Waals surface area contributed by atoms with Gasteiger partial charge >= 0.3 is 0 Å². The number of carbonyl (C=O) groups excluding carboxylic acids is 3. The van der Waals surface area contributed by atoms with E-state index in [0.717, 1.165) is 16.7 Å². The second-order valence-electron chi connectivity index (χ2n) is 10.3. The average molecular weight is 465 g/mol. The molecule has 34 heavy (non-hydrogen) atoms. The number of aliphatic hydroxyl groups is 1. The van der Waals surface area contributed by atoms with Gasteiger partial charge in [0, 0.05) is 25.3 Å². The summed E-state index contributed by atoms with van der Waals surface area (Å²) in [5, 5.41) is 13.3.